The van der Waals surface area contributed by atoms with Crippen molar-refractivity contribution >= 4 is 29.9 Å². The second-order valence-corrected chi connectivity index (χ2v) is 8.32. The molecule has 8 nitrogen and oxygen atoms in total. The molecule has 4 heterocycles. The number of aryl methyl sites for hydroxylation is 1. The lowest BCUT2D eigenvalue weighted by Gasteiger charge is -2.35. The van der Waals surface area contributed by atoms with E-state index in [9.17, 15) is 0 Å². The quantitative estimate of drug-likeness (QED) is 0.345. The molecule has 0 radical (unpaired) electrons. The Bertz CT molecular complexity index is 668. The largest absolute Gasteiger partial charge is 0.376 e. The summed E-state index contributed by atoms with van der Waals surface area (Å²) in [6, 6.07) is 0. The molecule has 0 bridgehead atoms. The van der Waals surface area contributed by atoms with Crippen molar-refractivity contribution in [1.29, 1.82) is 0 Å². The minimum absolute atomic E-state index is 0. The summed E-state index contributed by atoms with van der Waals surface area (Å²) >= 11 is 0. The Balaban J connectivity index is 0.00000256. The van der Waals surface area contributed by atoms with E-state index in [0.717, 1.165) is 82.7 Å². The van der Waals surface area contributed by atoms with Crippen LogP contribution in [-0.2, 0) is 29.0 Å². The Kier molecular flexibility index (Phi) is 9.64. The fraction of sp³-hybridized carbons (Fsp3) is 0.857. The van der Waals surface area contributed by atoms with Crippen molar-refractivity contribution in [1.82, 2.24) is 25.0 Å². The van der Waals surface area contributed by atoms with Gasteiger partial charge < -0.3 is 24.3 Å². The highest BCUT2D eigenvalue weighted by atomic mass is 127. The topological polar surface area (TPSA) is 76.8 Å². The number of aliphatic imine (C=N–C) groups is 1. The van der Waals surface area contributed by atoms with Crippen LogP contribution in [0.5, 0.6) is 0 Å². The molecule has 30 heavy (non-hydrogen) atoms. The molecule has 1 atom stereocenters. The van der Waals surface area contributed by atoms with E-state index in [0.29, 0.717) is 18.8 Å². The smallest absolute Gasteiger partial charge is 0.194 e. The molecule has 3 aliphatic rings. The van der Waals surface area contributed by atoms with Crippen molar-refractivity contribution in [2.75, 3.05) is 32.8 Å². The molecular formula is C21H37IN6O2. The molecule has 2 fully saturated rings. The van der Waals surface area contributed by atoms with E-state index < -0.39 is 0 Å². The summed E-state index contributed by atoms with van der Waals surface area (Å²) in [5, 5.41) is 12.2. The number of aromatic nitrogens is 3. The van der Waals surface area contributed by atoms with E-state index in [4.69, 9.17) is 14.5 Å². The molecule has 1 aromatic rings. The van der Waals surface area contributed by atoms with Gasteiger partial charge in [-0.15, -0.1) is 34.2 Å². The molecule has 9 heteroatoms. The summed E-state index contributed by atoms with van der Waals surface area (Å²) in [6.45, 7) is 8.18. The first kappa shape index (κ1) is 23.7. The highest BCUT2D eigenvalue weighted by Crippen LogP contribution is 2.19. The molecule has 2 saturated heterocycles. The van der Waals surface area contributed by atoms with Gasteiger partial charge in [0, 0.05) is 39.2 Å². The maximum atomic E-state index is 6.16. The zero-order valence-corrected chi connectivity index (χ0v) is 20.6. The van der Waals surface area contributed by atoms with Crippen LogP contribution in [0, 0.1) is 0 Å². The van der Waals surface area contributed by atoms with Gasteiger partial charge in [0.2, 0.25) is 0 Å². The summed E-state index contributed by atoms with van der Waals surface area (Å²) in [5.41, 5.74) is 0. The summed E-state index contributed by atoms with van der Waals surface area (Å²) in [7, 11) is 0. The van der Waals surface area contributed by atoms with Crippen LogP contribution in [0.4, 0.5) is 0 Å². The van der Waals surface area contributed by atoms with E-state index in [1.165, 1.54) is 25.7 Å². The van der Waals surface area contributed by atoms with Gasteiger partial charge in [-0.2, -0.15) is 0 Å². The van der Waals surface area contributed by atoms with Crippen LogP contribution in [0.2, 0.25) is 0 Å². The van der Waals surface area contributed by atoms with Crippen LogP contribution in [0.3, 0.4) is 0 Å². The Hall–Kier alpha value is -0.940. The first-order valence-corrected chi connectivity index (χ1v) is 11.5. The van der Waals surface area contributed by atoms with E-state index in [-0.39, 0.29) is 24.0 Å². The molecule has 0 saturated carbocycles. The van der Waals surface area contributed by atoms with E-state index in [2.05, 4.69) is 31.9 Å². The molecule has 1 N–H and O–H groups in total. The monoisotopic (exact) mass is 532 g/mol. The number of fused-ring (bicyclic) bond motifs is 1. The molecule has 0 aromatic carbocycles. The number of nitrogens with one attached hydrogen (secondary N) is 1. The minimum atomic E-state index is 0. The second kappa shape index (κ2) is 12.2. The standard InChI is InChI=1S/C21H36N6O2.HI/c1-2-22-21(23-15-20-25-24-19-8-3-5-11-27(19)20)26-12-9-17(10-13-26)29-16-18-7-4-6-14-28-18;/h17-18H,2-16H2,1H3,(H,22,23);1H. The molecular weight excluding hydrogens is 495 g/mol. The van der Waals surface area contributed by atoms with Gasteiger partial charge in [-0.05, 0) is 51.9 Å². The number of nitrogens with zero attached hydrogens (tertiary/aromatic N) is 5. The van der Waals surface area contributed by atoms with Gasteiger partial charge in [0.05, 0.1) is 18.8 Å². The van der Waals surface area contributed by atoms with Gasteiger partial charge >= 0.3 is 0 Å². The van der Waals surface area contributed by atoms with Crippen molar-refractivity contribution in [3.05, 3.63) is 11.6 Å². The molecule has 170 valence electrons. The van der Waals surface area contributed by atoms with Crippen LogP contribution in [-0.4, -0.2) is 70.7 Å². The van der Waals surface area contributed by atoms with E-state index in [1.807, 2.05) is 0 Å². The van der Waals surface area contributed by atoms with Crippen molar-refractivity contribution in [2.45, 2.75) is 83.6 Å². The van der Waals surface area contributed by atoms with Crippen molar-refractivity contribution in [3.8, 4) is 0 Å². The lowest BCUT2D eigenvalue weighted by atomic mass is 10.1. The molecule has 0 spiro atoms. The highest BCUT2D eigenvalue weighted by Gasteiger charge is 2.24. The second-order valence-electron chi connectivity index (χ2n) is 8.32. The number of ether oxygens (including phenoxy) is 2. The third-order valence-corrected chi connectivity index (χ3v) is 6.17. The summed E-state index contributed by atoms with van der Waals surface area (Å²) in [4.78, 5) is 7.23. The first-order chi connectivity index (χ1) is 14.3. The average Bonchev–Trinajstić information content (AvgIpc) is 3.19. The average molecular weight is 532 g/mol. The predicted molar refractivity (Wildman–Crippen MR) is 127 cm³/mol. The lowest BCUT2D eigenvalue weighted by Crippen LogP contribution is -2.47. The SMILES string of the molecule is CCNC(=NCc1nnc2n1CCCC2)N1CCC(OCC2CCCCO2)CC1.I. The minimum Gasteiger partial charge on any atom is -0.376 e. The van der Waals surface area contributed by atoms with Crippen molar-refractivity contribution in [3.63, 3.8) is 0 Å². The Labute approximate surface area is 197 Å². The summed E-state index contributed by atoms with van der Waals surface area (Å²) in [5.74, 6) is 3.09. The molecule has 0 aliphatic carbocycles. The Morgan fingerprint density at radius 2 is 2.00 bits per heavy atom. The summed E-state index contributed by atoms with van der Waals surface area (Å²) < 4.78 is 14.2. The fourth-order valence-corrected chi connectivity index (χ4v) is 4.47. The van der Waals surface area contributed by atoms with Crippen LogP contribution in [0.25, 0.3) is 0 Å². The number of hydrogen-bond acceptors (Lipinski definition) is 5. The molecule has 4 rings (SSSR count). The fourth-order valence-electron chi connectivity index (χ4n) is 4.47. The van der Waals surface area contributed by atoms with E-state index >= 15 is 0 Å². The number of piperidine rings is 1. The molecule has 1 unspecified atom stereocenters. The van der Waals surface area contributed by atoms with Crippen LogP contribution in [0.15, 0.2) is 4.99 Å². The lowest BCUT2D eigenvalue weighted by molar-refractivity contribution is -0.0721. The van der Waals surface area contributed by atoms with Gasteiger partial charge in [-0.25, -0.2) is 4.99 Å². The Morgan fingerprint density at radius 1 is 1.13 bits per heavy atom. The van der Waals surface area contributed by atoms with Gasteiger partial charge in [0.15, 0.2) is 11.8 Å². The Morgan fingerprint density at radius 3 is 2.77 bits per heavy atom. The van der Waals surface area contributed by atoms with Gasteiger partial charge in [0.25, 0.3) is 0 Å². The molecule has 0 amide bonds. The van der Waals surface area contributed by atoms with Crippen molar-refractivity contribution < 1.29 is 9.47 Å². The zero-order valence-electron chi connectivity index (χ0n) is 18.2. The predicted octanol–water partition coefficient (Wildman–Crippen LogP) is 2.75. The van der Waals surface area contributed by atoms with Gasteiger partial charge in [0.1, 0.15) is 12.4 Å². The van der Waals surface area contributed by atoms with Crippen LogP contribution >= 0.6 is 24.0 Å². The number of rotatable bonds is 6. The van der Waals surface area contributed by atoms with Crippen LogP contribution < -0.4 is 5.32 Å². The number of hydrogen-bond donors (Lipinski definition) is 1. The van der Waals surface area contributed by atoms with E-state index in [1.54, 1.807) is 0 Å². The first-order valence-electron chi connectivity index (χ1n) is 11.5. The molecule has 3 aliphatic heterocycles. The zero-order chi connectivity index (χ0) is 19.9. The highest BCUT2D eigenvalue weighted by molar-refractivity contribution is 14.0. The van der Waals surface area contributed by atoms with Crippen LogP contribution in [0.1, 0.15) is 63.5 Å². The van der Waals surface area contributed by atoms with Gasteiger partial charge in [-0.1, -0.05) is 0 Å². The third-order valence-electron chi connectivity index (χ3n) is 6.17. The summed E-state index contributed by atoms with van der Waals surface area (Å²) in [6.07, 6.45) is 9.78. The van der Waals surface area contributed by atoms with Gasteiger partial charge in [-0.3, -0.25) is 0 Å². The molecule has 1 aromatic heterocycles. The maximum Gasteiger partial charge on any atom is 0.194 e. The normalized spacial score (nSPS) is 23.0. The maximum absolute atomic E-state index is 6.16. The number of halogens is 1. The number of guanidine groups is 1. The van der Waals surface area contributed by atoms with Crippen molar-refractivity contribution in [2.24, 2.45) is 4.99 Å². The third kappa shape index (κ3) is 6.29. The number of likely N-dealkylation sites (tertiary alicyclic amines) is 1.